The number of benzene rings is 1. The van der Waals surface area contributed by atoms with Gasteiger partial charge >= 0.3 is 0 Å². The topological polar surface area (TPSA) is 30.5 Å². The van der Waals surface area contributed by atoms with Crippen molar-refractivity contribution in [2.75, 3.05) is 20.8 Å². The molecular weight excluding hydrogens is 226 g/mol. The first-order valence-corrected chi connectivity index (χ1v) is 6.65. The van der Waals surface area contributed by atoms with Gasteiger partial charge in [0.1, 0.15) is 0 Å². The van der Waals surface area contributed by atoms with Crippen molar-refractivity contribution >= 4 is 0 Å². The minimum atomic E-state index is 0.00377. The summed E-state index contributed by atoms with van der Waals surface area (Å²) in [5, 5.41) is 3.59. The molecule has 1 aromatic rings. The van der Waals surface area contributed by atoms with Crippen LogP contribution in [-0.4, -0.2) is 20.8 Å². The number of methoxy groups -OCH3 is 2. The summed E-state index contributed by atoms with van der Waals surface area (Å²) >= 11 is 0. The van der Waals surface area contributed by atoms with Crippen LogP contribution in [0.1, 0.15) is 37.8 Å². The predicted octanol–water partition coefficient (Wildman–Crippen LogP) is 2.86. The van der Waals surface area contributed by atoms with E-state index in [1.807, 2.05) is 0 Å². The average molecular weight is 249 g/mol. The molecule has 0 bridgehead atoms. The minimum Gasteiger partial charge on any atom is -0.493 e. The molecule has 18 heavy (non-hydrogen) atoms. The van der Waals surface area contributed by atoms with E-state index < -0.39 is 0 Å². The van der Waals surface area contributed by atoms with Crippen LogP contribution in [-0.2, 0) is 12.0 Å². The summed E-state index contributed by atoms with van der Waals surface area (Å²) in [6, 6.07) is 4.32. The second-order valence-electron chi connectivity index (χ2n) is 5.09. The third kappa shape index (κ3) is 2.19. The second kappa shape index (κ2) is 5.19. The molecule has 1 heterocycles. The molecule has 2 rings (SSSR count). The smallest absolute Gasteiger partial charge is 0.165 e. The van der Waals surface area contributed by atoms with Gasteiger partial charge in [0.25, 0.3) is 0 Å². The lowest BCUT2D eigenvalue weighted by Crippen LogP contribution is -2.33. The summed E-state index contributed by atoms with van der Waals surface area (Å²) in [6.45, 7) is 5.48. The van der Waals surface area contributed by atoms with E-state index in [-0.39, 0.29) is 5.54 Å². The van der Waals surface area contributed by atoms with Gasteiger partial charge in [-0.3, -0.25) is 0 Å². The number of rotatable bonds is 4. The normalized spacial score (nSPS) is 23.1. The van der Waals surface area contributed by atoms with Crippen molar-refractivity contribution in [3.63, 3.8) is 0 Å². The molecule has 1 unspecified atom stereocenters. The molecule has 1 fully saturated rings. The number of hydrogen-bond donors (Lipinski definition) is 1. The van der Waals surface area contributed by atoms with Crippen molar-refractivity contribution in [2.24, 2.45) is 0 Å². The van der Waals surface area contributed by atoms with Gasteiger partial charge in [-0.25, -0.2) is 0 Å². The SMILES string of the molecule is CCc1cc(OC)c(OC)c(C2(C)CCCN2)c1. The number of ether oxygens (including phenoxy) is 2. The Morgan fingerprint density at radius 2 is 2.06 bits per heavy atom. The van der Waals surface area contributed by atoms with Gasteiger partial charge < -0.3 is 14.8 Å². The molecule has 3 nitrogen and oxygen atoms in total. The van der Waals surface area contributed by atoms with Crippen LogP contribution in [0.5, 0.6) is 11.5 Å². The van der Waals surface area contributed by atoms with Crippen molar-refractivity contribution in [3.8, 4) is 11.5 Å². The molecule has 1 N–H and O–H groups in total. The Morgan fingerprint density at radius 1 is 1.28 bits per heavy atom. The monoisotopic (exact) mass is 249 g/mol. The van der Waals surface area contributed by atoms with E-state index in [9.17, 15) is 0 Å². The average Bonchev–Trinajstić information content (AvgIpc) is 2.85. The van der Waals surface area contributed by atoms with Gasteiger partial charge in [-0.05, 0) is 50.4 Å². The molecular formula is C15H23NO2. The van der Waals surface area contributed by atoms with Gasteiger partial charge in [0.05, 0.1) is 14.2 Å². The number of hydrogen-bond acceptors (Lipinski definition) is 3. The van der Waals surface area contributed by atoms with E-state index in [1.54, 1.807) is 14.2 Å². The highest BCUT2D eigenvalue weighted by molar-refractivity contribution is 5.52. The zero-order valence-corrected chi connectivity index (χ0v) is 11.8. The molecule has 0 radical (unpaired) electrons. The summed E-state index contributed by atoms with van der Waals surface area (Å²) in [4.78, 5) is 0. The van der Waals surface area contributed by atoms with Crippen LogP contribution in [0.15, 0.2) is 12.1 Å². The summed E-state index contributed by atoms with van der Waals surface area (Å²) in [6.07, 6.45) is 3.35. The first kappa shape index (κ1) is 13.2. The first-order chi connectivity index (χ1) is 8.64. The Kier molecular flexibility index (Phi) is 3.81. The van der Waals surface area contributed by atoms with Crippen LogP contribution in [0.4, 0.5) is 0 Å². The molecule has 1 atom stereocenters. The van der Waals surface area contributed by atoms with Crippen LogP contribution >= 0.6 is 0 Å². The summed E-state index contributed by atoms with van der Waals surface area (Å²) in [5.74, 6) is 1.70. The lowest BCUT2D eigenvalue weighted by atomic mass is 9.88. The molecule has 0 aliphatic carbocycles. The maximum absolute atomic E-state index is 5.58. The maximum atomic E-state index is 5.58. The number of nitrogens with one attached hydrogen (secondary N) is 1. The molecule has 1 aliphatic heterocycles. The van der Waals surface area contributed by atoms with Crippen molar-refractivity contribution in [1.29, 1.82) is 0 Å². The van der Waals surface area contributed by atoms with Crippen molar-refractivity contribution in [1.82, 2.24) is 5.32 Å². The molecule has 1 aromatic carbocycles. The third-order valence-corrected chi connectivity index (χ3v) is 3.91. The Hall–Kier alpha value is -1.22. The molecule has 3 heteroatoms. The van der Waals surface area contributed by atoms with E-state index in [0.717, 1.165) is 30.9 Å². The fourth-order valence-corrected chi connectivity index (χ4v) is 2.76. The lowest BCUT2D eigenvalue weighted by Gasteiger charge is -2.28. The first-order valence-electron chi connectivity index (χ1n) is 6.65. The van der Waals surface area contributed by atoms with Gasteiger partial charge in [0.2, 0.25) is 0 Å². The molecule has 0 spiro atoms. The lowest BCUT2D eigenvalue weighted by molar-refractivity contribution is 0.333. The van der Waals surface area contributed by atoms with Crippen LogP contribution in [0.2, 0.25) is 0 Å². The largest absolute Gasteiger partial charge is 0.493 e. The van der Waals surface area contributed by atoms with E-state index in [0.29, 0.717) is 0 Å². The van der Waals surface area contributed by atoms with E-state index >= 15 is 0 Å². The van der Waals surface area contributed by atoms with E-state index in [1.165, 1.54) is 17.5 Å². The molecule has 1 saturated heterocycles. The third-order valence-electron chi connectivity index (χ3n) is 3.91. The Bertz CT molecular complexity index is 423. The Balaban J connectivity index is 2.55. The summed E-state index contributed by atoms with van der Waals surface area (Å²) < 4.78 is 11.1. The summed E-state index contributed by atoms with van der Waals surface area (Å²) in [7, 11) is 3.41. The van der Waals surface area contributed by atoms with Gasteiger partial charge in [-0.1, -0.05) is 6.92 Å². The zero-order valence-electron chi connectivity index (χ0n) is 11.8. The van der Waals surface area contributed by atoms with Crippen molar-refractivity contribution < 1.29 is 9.47 Å². The highest BCUT2D eigenvalue weighted by Crippen LogP contribution is 2.42. The van der Waals surface area contributed by atoms with Crippen molar-refractivity contribution in [3.05, 3.63) is 23.3 Å². The minimum absolute atomic E-state index is 0.00377. The maximum Gasteiger partial charge on any atom is 0.165 e. The Labute approximate surface area is 109 Å². The molecule has 0 saturated carbocycles. The standard InChI is InChI=1S/C15H23NO2/c1-5-11-9-12(15(2)7-6-8-16-15)14(18-4)13(10-11)17-3/h9-10,16H,5-8H2,1-4H3. The molecule has 1 aliphatic rings. The predicted molar refractivity (Wildman–Crippen MR) is 73.5 cm³/mol. The van der Waals surface area contributed by atoms with Crippen LogP contribution in [0, 0.1) is 0 Å². The Morgan fingerprint density at radius 3 is 2.56 bits per heavy atom. The fraction of sp³-hybridized carbons (Fsp3) is 0.600. The number of aryl methyl sites for hydroxylation is 1. The van der Waals surface area contributed by atoms with E-state index in [4.69, 9.17) is 9.47 Å². The second-order valence-corrected chi connectivity index (χ2v) is 5.09. The fourth-order valence-electron chi connectivity index (χ4n) is 2.76. The van der Waals surface area contributed by atoms with Crippen LogP contribution < -0.4 is 14.8 Å². The zero-order chi connectivity index (χ0) is 13.2. The van der Waals surface area contributed by atoms with Gasteiger partial charge in [-0.2, -0.15) is 0 Å². The van der Waals surface area contributed by atoms with Gasteiger partial charge in [0.15, 0.2) is 11.5 Å². The molecule has 100 valence electrons. The van der Waals surface area contributed by atoms with Crippen molar-refractivity contribution in [2.45, 2.75) is 38.6 Å². The van der Waals surface area contributed by atoms with Gasteiger partial charge in [-0.15, -0.1) is 0 Å². The highest BCUT2D eigenvalue weighted by Gasteiger charge is 2.34. The van der Waals surface area contributed by atoms with E-state index in [2.05, 4.69) is 31.3 Å². The quantitative estimate of drug-likeness (QED) is 0.890. The van der Waals surface area contributed by atoms with Gasteiger partial charge in [0, 0.05) is 11.1 Å². The van der Waals surface area contributed by atoms with Crippen LogP contribution in [0.3, 0.4) is 0 Å². The highest BCUT2D eigenvalue weighted by atomic mass is 16.5. The van der Waals surface area contributed by atoms with Crippen LogP contribution in [0.25, 0.3) is 0 Å². The molecule has 0 amide bonds. The summed E-state index contributed by atoms with van der Waals surface area (Å²) in [5.41, 5.74) is 2.51. The molecule has 0 aromatic heterocycles.